The lowest BCUT2D eigenvalue weighted by Gasteiger charge is -2.47. The summed E-state index contributed by atoms with van der Waals surface area (Å²) in [5.74, 6) is -7.23. The molecule has 2 bridgehead atoms. The molecule has 0 aromatic heterocycles. The average molecular weight is 982 g/mol. The van der Waals surface area contributed by atoms with Gasteiger partial charge in [0, 0.05) is 67.7 Å². The highest BCUT2D eigenvalue weighted by atomic mass is 35.5. The minimum Gasteiger partial charge on any atom is -0.456 e. The van der Waals surface area contributed by atoms with Crippen LogP contribution in [0, 0.1) is 29.6 Å². The van der Waals surface area contributed by atoms with E-state index in [1.54, 1.807) is 46.5 Å². The van der Waals surface area contributed by atoms with E-state index in [0.29, 0.717) is 78.3 Å². The first-order valence-corrected chi connectivity index (χ1v) is 24.5. The van der Waals surface area contributed by atoms with Crippen LogP contribution in [-0.2, 0) is 49.5 Å². The number of allylic oxidation sites excluding steroid dienone is 3. The van der Waals surface area contributed by atoms with E-state index < -0.39 is 77.9 Å². The number of fused-ring (bicyclic) bond motifs is 3. The number of Topliss-reactive ketones (excluding diaryl/α,β-unsaturated/α-hetero) is 1. The van der Waals surface area contributed by atoms with Crippen molar-refractivity contribution in [2.24, 2.45) is 34.7 Å². The van der Waals surface area contributed by atoms with Gasteiger partial charge in [-0.3, -0.25) is 9.59 Å². The number of benzene rings is 1. The summed E-state index contributed by atoms with van der Waals surface area (Å²) in [6.07, 6.45) is 4.18. The summed E-state index contributed by atoms with van der Waals surface area (Å²) in [7, 11) is 4.66. The van der Waals surface area contributed by atoms with Crippen molar-refractivity contribution in [3.8, 4) is 0 Å². The van der Waals surface area contributed by atoms with Gasteiger partial charge in [0.2, 0.25) is 5.79 Å². The number of carbonyl (C=O) groups excluding carboxylic acids is 3. The van der Waals surface area contributed by atoms with Crippen LogP contribution < -0.4 is 0 Å². The van der Waals surface area contributed by atoms with Crippen LogP contribution in [0.15, 0.2) is 46.7 Å². The summed E-state index contributed by atoms with van der Waals surface area (Å²) in [6, 6.07) is 3.99. The highest BCUT2D eigenvalue weighted by Crippen LogP contribution is 2.39. The molecule has 2 saturated heterocycles. The number of ketones is 1. The molecule has 4 aliphatic rings. The normalized spacial score (nSPS) is 37.0. The van der Waals surface area contributed by atoms with E-state index in [4.69, 9.17) is 51.7 Å². The summed E-state index contributed by atoms with van der Waals surface area (Å²) >= 11 is 12.7. The van der Waals surface area contributed by atoms with Crippen LogP contribution in [0.2, 0.25) is 10.0 Å². The van der Waals surface area contributed by atoms with E-state index >= 15 is 0 Å². The number of hydrogen-bond donors (Lipinski definition) is 3. The van der Waals surface area contributed by atoms with Crippen molar-refractivity contribution in [1.29, 1.82) is 0 Å². The lowest BCUT2D eigenvalue weighted by atomic mass is 9.81. The molecule has 378 valence electrons. The van der Waals surface area contributed by atoms with Crippen molar-refractivity contribution >= 4 is 46.6 Å². The molecule has 1 aromatic rings. The molecule has 1 aromatic carbocycles. The first-order valence-electron chi connectivity index (χ1n) is 23.7. The number of piperidine rings is 1. The molecule has 0 spiro atoms. The Balaban J connectivity index is 0.00000980. The van der Waals surface area contributed by atoms with Crippen molar-refractivity contribution in [3.05, 3.63) is 57.1 Å². The molecule has 1 aliphatic carbocycles. The number of methoxy groups -OCH3 is 3. The zero-order chi connectivity index (χ0) is 48.5. The molecule has 5 rings (SSSR count). The number of carbonyl (C=O) groups is 3. The monoisotopic (exact) mass is 980 g/mol. The van der Waals surface area contributed by atoms with Crippen LogP contribution >= 0.6 is 23.2 Å². The van der Waals surface area contributed by atoms with Crippen LogP contribution in [0.25, 0.3) is 0 Å². The molecule has 3 aliphatic heterocycles. The Morgan fingerprint density at radius 2 is 1.63 bits per heavy atom. The summed E-state index contributed by atoms with van der Waals surface area (Å²) in [6.45, 7) is 11.6. The van der Waals surface area contributed by atoms with Gasteiger partial charge >= 0.3 is 5.97 Å². The van der Waals surface area contributed by atoms with Gasteiger partial charge in [0.05, 0.1) is 36.2 Å². The number of oxime groups is 1. The number of aliphatic hydroxyl groups is 3. The summed E-state index contributed by atoms with van der Waals surface area (Å²) in [4.78, 5) is 50.6. The molecule has 0 radical (unpaired) electrons. The number of amides is 1. The Hall–Kier alpha value is -2.92. The minimum absolute atomic E-state index is 0. The van der Waals surface area contributed by atoms with Gasteiger partial charge in [0.25, 0.3) is 11.7 Å². The molecule has 14 nitrogen and oxygen atoms in total. The minimum atomic E-state index is -2.52. The number of esters is 1. The maximum atomic E-state index is 14.6. The van der Waals surface area contributed by atoms with E-state index in [1.165, 1.54) is 4.90 Å². The highest BCUT2D eigenvalue weighted by molar-refractivity contribution is 6.39. The van der Waals surface area contributed by atoms with Gasteiger partial charge < -0.3 is 48.7 Å². The van der Waals surface area contributed by atoms with Crippen LogP contribution in [0.1, 0.15) is 125 Å². The number of aliphatic hydroxyl groups excluding tert-OH is 2. The number of hydrogen-bond acceptors (Lipinski definition) is 13. The second-order valence-corrected chi connectivity index (χ2v) is 20.1. The lowest BCUT2D eigenvalue weighted by Crippen LogP contribution is -2.64. The molecule has 3 fully saturated rings. The fourth-order valence-corrected chi connectivity index (χ4v) is 10.8. The van der Waals surface area contributed by atoms with Crippen LogP contribution in [0.3, 0.4) is 0 Å². The van der Waals surface area contributed by atoms with E-state index in [0.717, 1.165) is 5.57 Å². The maximum absolute atomic E-state index is 14.6. The number of rotatable bonds is 9. The quantitative estimate of drug-likeness (QED) is 0.0931. The summed E-state index contributed by atoms with van der Waals surface area (Å²) in [5.41, 5.74) is 3.01. The van der Waals surface area contributed by atoms with Crippen molar-refractivity contribution < 1.29 is 58.2 Å². The molecule has 3 heterocycles. The van der Waals surface area contributed by atoms with Crippen molar-refractivity contribution in [2.45, 2.75) is 181 Å². The third-order valence-electron chi connectivity index (χ3n) is 14.3. The van der Waals surface area contributed by atoms with Crippen molar-refractivity contribution in [1.82, 2.24) is 4.90 Å². The molecular weight excluding hydrogens is 903 g/mol. The molecule has 14 atom stereocenters. The van der Waals surface area contributed by atoms with E-state index in [9.17, 15) is 29.7 Å². The molecule has 3 N–H and O–H groups in total. The Bertz CT molecular complexity index is 1910. The number of ether oxygens (including phenoxy) is 5. The first kappa shape index (κ1) is 56.7. The fraction of sp³-hybridized carbons (Fsp3) is 0.725. The third-order valence-corrected chi connectivity index (χ3v) is 14.9. The average Bonchev–Trinajstić information content (AvgIpc) is 3.29. The van der Waals surface area contributed by atoms with Crippen LogP contribution in [-0.4, -0.2) is 126 Å². The Labute approximate surface area is 408 Å². The SMILES string of the molecule is C.CC[C@@H]1/C=C(\C)C[C@H](C)C[C@H](OC)[C@H]2O[C@@](O)(C(=O)C(=O)N3CCCC[C@H]3C(=O)O[C@H](/C(C)=C/[C@@H]3CC[C@@H](O)[C@H](OC)C3)[C@H](C)[C@@H](O)C/C1=N/OCc1ccc(Cl)cc1Cl)[C@H](C)C[C@@H]2OC. The highest BCUT2D eigenvalue weighted by Gasteiger charge is 2.56. The summed E-state index contributed by atoms with van der Waals surface area (Å²) in [5, 5.41) is 40.6. The second kappa shape index (κ2) is 25.8. The number of halogens is 2. The number of cyclic esters (lactones) is 1. The molecule has 16 heteroatoms. The zero-order valence-electron chi connectivity index (χ0n) is 40.3. The Morgan fingerprint density at radius 1 is 0.940 bits per heavy atom. The van der Waals surface area contributed by atoms with Gasteiger partial charge in [0.15, 0.2) is 0 Å². The van der Waals surface area contributed by atoms with Crippen LogP contribution in [0.5, 0.6) is 0 Å². The largest absolute Gasteiger partial charge is 0.456 e. The van der Waals surface area contributed by atoms with Gasteiger partial charge in [-0.05, 0) is 108 Å². The molecule has 0 unspecified atom stereocenters. The van der Waals surface area contributed by atoms with Gasteiger partial charge in [-0.25, -0.2) is 4.79 Å². The predicted molar refractivity (Wildman–Crippen MR) is 258 cm³/mol. The van der Waals surface area contributed by atoms with Gasteiger partial charge in [-0.1, -0.05) is 87.3 Å². The van der Waals surface area contributed by atoms with E-state index in [-0.39, 0.29) is 63.7 Å². The molecule has 67 heavy (non-hydrogen) atoms. The lowest BCUT2D eigenvalue weighted by molar-refractivity contribution is -0.302. The zero-order valence-corrected chi connectivity index (χ0v) is 41.8. The maximum Gasteiger partial charge on any atom is 0.329 e. The first-order chi connectivity index (χ1) is 31.3. The van der Waals surface area contributed by atoms with Gasteiger partial charge in [0.1, 0.15) is 24.9 Å². The smallest absolute Gasteiger partial charge is 0.329 e. The Kier molecular flexibility index (Phi) is 21.8. The fourth-order valence-electron chi connectivity index (χ4n) is 10.3. The van der Waals surface area contributed by atoms with Gasteiger partial charge in [-0.15, -0.1) is 0 Å². The molecule has 1 saturated carbocycles. The van der Waals surface area contributed by atoms with Crippen LogP contribution in [0.4, 0.5) is 0 Å². The number of nitrogens with zero attached hydrogens (tertiary/aromatic N) is 2. The van der Waals surface area contributed by atoms with Crippen molar-refractivity contribution in [3.63, 3.8) is 0 Å². The standard InChI is InChI=1S/C50H74Cl2N2O12.CH4/c1-10-34-20-28(2)19-29(3)21-43(62-8)46-44(63-9)23-31(5)50(60,66-46)47(57)48(58)54-18-12-11-13-39(54)49(59)65-45(30(4)22-33-14-17-40(55)42(24-33)61-7)32(6)41(56)26-38(34)53-64-27-35-15-16-36(51)25-37(35)52;/h15-16,20,22,25,29,31-34,39-46,55-56,60H,10-14,17-19,21,23-24,26-27H2,1-9H3;1H4/b28-20+,30-22+,53-38-;/t29-,31+,32+,33-,34+,39-,40+,41-,42+,43-,44-,45+,46+,50+;/m0./s1. The topological polar surface area (TPSA) is 183 Å². The third kappa shape index (κ3) is 14.1. The predicted octanol–water partition coefficient (Wildman–Crippen LogP) is 8.42. The van der Waals surface area contributed by atoms with Crippen molar-refractivity contribution in [2.75, 3.05) is 27.9 Å². The van der Waals surface area contributed by atoms with E-state index in [1.807, 2.05) is 33.8 Å². The van der Waals surface area contributed by atoms with E-state index in [2.05, 4.69) is 18.2 Å². The van der Waals surface area contributed by atoms with Gasteiger partial charge in [-0.2, -0.15) is 0 Å². The molecular formula is C51H78Cl2N2O12. The summed E-state index contributed by atoms with van der Waals surface area (Å²) < 4.78 is 30.2. The molecule has 1 amide bonds. The Morgan fingerprint density at radius 3 is 2.28 bits per heavy atom. The second-order valence-electron chi connectivity index (χ2n) is 19.3.